The first kappa shape index (κ1) is 21.2. The van der Waals surface area contributed by atoms with Crippen LogP contribution < -0.4 is 0 Å². The van der Waals surface area contributed by atoms with Crippen molar-refractivity contribution in [2.45, 2.75) is 30.3 Å². The van der Waals surface area contributed by atoms with Gasteiger partial charge in [0.25, 0.3) is 0 Å². The zero-order valence-electron chi connectivity index (χ0n) is 19.3. The fourth-order valence-corrected chi connectivity index (χ4v) is 7.10. The van der Waals surface area contributed by atoms with Crippen molar-refractivity contribution in [2.24, 2.45) is 16.8 Å². The molecular formula is C27H27N3O5. The van der Waals surface area contributed by atoms with E-state index < -0.39 is 35.3 Å². The lowest BCUT2D eigenvalue weighted by molar-refractivity contribution is -0.181. The molecule has 1 N–H and O–H groups in total. The second-order valence-electron chi connectivity index (χ2n) is 10.0. The Labute approximate surface area is 203 Å². The van der Waals surface area contributed by atoms with Crippen molar-refractivity contribution in [1.29, 1.82) is 0 Å². The molecule has 8 heteroatoms. The maximum absolute atomic E-state index is 13.9. The molecule has 7 rings (SSSR count). The van der Waals surface area contributed by atoms with Gasteiger partial charge in [0.05, 0.1) is 18.9 Å². The molecule has 0 aromatic heterocycles. The number of hydrogen-bond acceptors (Lipinski definition) is 6. The molecule has 5 unspecified atom stereocenters. The van der Waals surface area contributed by atoms with Crippen LogP contribution in [0.4, 0.5) is 0 Å². The molecule has 8 nitrogen and oxygen atoms in total. The van der Waals surface area contributed by atoms with Gasteiger partial charge in [-0.15, -0.1) is 0 Å². The summed E-state index contributed by atoms with van der Waals surface area (Å²) in [4.78, 5) is 36.0. The van der Waals surface area contributed by atoms with E-state index in [0.717, 1.165) is 17.5 Å². The average molecular weight is 474 g/mol. The summed E-state index contributed by atoms with van der Waals surface area (Å²) >= 11 is 0. The number of hydrogen-bond donors (Lipinski definition) is 1. The Bertz CT molecular complexity index is 1240. The first-order chi connectivity index (χ1) is 17.1. The molecule has 2 aromatic rings. The number of rotatable bonds is 4. The van der Waals surface area contributed by atoms with Crippen LogP contribution >= 0.6 is 0 Å². The van der Waals surface area contributed by atoms with E-state index in [0.29, 0.717) is 45.0 Å². The first-order valence-electron chi connectivity index (χ1n) is 12.3. The van der Waals surface area contributed by atoms with Gasteiger partial charge in [0, 0.05) is 26.1 Å². The summed E-state index contributed by atoms with van der Waals surface area (Å²) in [5.41, 5.74) is 1.40. The van der Waals surface area contributed by atoms with Gasteiger partial charge in [0.2, 0.25) is 5.91 Å². The van der Waals surface area contributed by atoms with Crippen LogP contribution in [0.2, 0.25) is 0 Å². The molecule has 1 spiro atoms. The van der Waals surface area contributed by atoms with E-state index in [1.54, 1.807) is 0 Å². The van der Waals surface area contributed by atoms with E-state index in [4.69, 9.17) is 14.5 Å². The summed E-state index contributed by atoms with van der Waals surface area (Å²) < 4.78 is 12.6. The van der Waals surface area contributed by atoms with Crippen LogP contribution in [0.15, 0.2) is 59.6 Å². The quantitative estimate of drug-likeness (QED) is 0.729. The van der Waals surface area contributed by atoms with Crippen LogP contribution in [-0.4, -0.2) is 76.8 Å². The average Bonchev–Trinajstić information content (AvgIpc) is 3.47. The van der Waals surface area contributed by atoms with Crippen molar-refractivity contribution < 1.29 is 24.2 Å². The Morgan fingerprint density at radius 2 is 1.80 bits per heavy atom. The Kier molecular flexibility index (Phi) is 4.53. The standard InChI is InChI=1S/C27H27N3O5/c31-24-21-22(25(32)33)27(29-12-14-34-15-13-29)20(16-17-6-2-1-3-7-17)28-26(21,35-27)23-19-9-5-4-8-18(19)10-11-30(23)24/h1-9,21-23H,10-16H2,(H,32,33). The number of carbonyl (C=O) groups excluding carboxylic acids is 1. The van der Waals surface area contributed by atoms with Gasteiger partial charge in [-0.2, -0.15) is 0 Å². The van der Waals surface area contributed by atoms with Gasteiger partial charge >= 0.3 is 5.97 Å². The minimum atomic E-state index is -1.27. The van der Waals surface area contributed by atoms with Crippen molar-refractivity contribution in [3.63, 3.8) is 0 Å². The molecule has 0 aliphatic carbocycles. The number of carboxylic acid groups (broad SMARTS) is 1. The Balaban J connectivity index is 1.45. The minimum Gasteiger partial charge on any atom is -0.481 e. The van der Waals surface area contributed by atoms with Crippen molar-refractivity contribution in [1.82, 2.24) is 9.80 Å². The van der Waals surface area contributed by atoms with Crippen LogP contribution in [0.25, 0.3) is 0 Å². The van der Waals surface area contributed by atoms with Crippen LogP contribution in [0.5, 0.6) is 0 Å². The largest absolute Gasteiger partial charge is 0.481 e. The maximum atomic E-state index is 13.9. The first-order valence-corrected chi connectivity index (χ1v) is 12.3. The molecule has 5 aliphatic heterocycles. The minimum absolute atomic E-state index is 0.158. The summed E-state index contributed by atoms with van der Waals surface area (Å²) in [5.74, 6) is -3.07. The molecule has 2 bridgehead atoms. The lowest BCUT2D eigenvalue weighted by Gasteiger charge is -2.44. The number of benzene rings is 2. The molecule has 3 saturated heterocycles. The van der Waals surface area contributed by atoms with Gasteiger partial charge in [0.15, 0.2) is 11.4 Å². The van der Waals surface area contributed by atoms with Crippen LogP contribution in [0.1, 0.15) is 22.7 Å². The van der Waals surface area contributed by atoms with E-state index in [-0.39, 0.29) is 5.91 Å². The number of amides is 1. The molecule has 1 amide bonds. The van der Waals surface area contributed by atoms with Gasteiger partial charge < -0.3 is 19.5 Å². The summed E-state index contributed by atoms with van der Waals surface area (Å²) in [7, 11) is 0. The van der Waals surface area contributed by atoms with Gasteiger partial charge in [-0.05, 0) is 23.1 Å². The zero-order valence-corrected chi connectivity index (χ0v) is 19.3. The third kappa shape index (κ3) is 2.70. The van der Waals surface area contributed by atoms with E-state index in [9.17, 15) is 14.7 Å². The van der Waals surface area contributed by atoms with E-state index >= 15 is 0 Å². The SMILES string of the molecule is O=C(O)C1C2C(=O)N3CCc4ccccc4C3C23N=C(Cc2ccccc2)C1(N1CCOCC1)O3. The number of fused-ring (bicyclic) bond motifs is 4. The van der Waals surface area contributed by atoms with Crippen molar-refractivity contribution in [2.75, 3.05) is 32.8 Å². The molecule has 0 saturated carbocycles. The monoisotopic (exact) mass is 473 g/mol. The predicted molar refractivity (Wildman–Crippen MR) is 126 cm³/mol. The van der Waals surface area contributed by atoms with E-state index in [1.807, 2.05) is 53.4 Å². The summed E-state index contributed by atoms with van der Waals surface area (Å²) in [5, 5.41) is 10.6. The fraction of sp³-hybridized carbons (Fsp3) is 0.444. The van der Waals surface area contributed by atoms with Gasteiger partial charge in [-0.1, -0.05) is 54.6 Å². The molecule has 180 valence electrons. The fourth-order valence-electron chi connectivity index (χ4n) is 7.10. The van der Waals surface area contributed by atoms with Crippen molar-refractivity contribution >= 4 is 17.6 Å². The summed E-state index contributed by atoms with van der Waals surface area (Å²) in [6, 6.07) is 17.6. The number of aliphatic carboxylic acids is 1. The van der Waals surface area contributed by atoms with Gasteiger partial charge in [-0.25, -0.2) is 0 Å². The lowest BCUT2D eigenvalue weighted by Crippen LogP contribution is -2.64. The molecular weight excluding hydrogens is 446 g/mol. The molecule has 3 fully saturated rings. The summed E-state index contributed by atoms with van der Waals surface area (Å²) in [6.45, 7) is 2.57. The molecule has 5 atom stereocenters. The highest BCUT2D eigenvalue weighted by molar-refractivity contribution is 6.05. The molecule has 5 aliphatic rings. The second-order valence-corrected chi connectivity index (χ2v) is 10.0. The maximum Gasteiger partial charge on any atom is 0.312 e. The molecule has 35 heavy (non-hydrogen) atoms. The predicted octanol–water partition coefficient (Wildman–Crippen LogP) is 1.90. The highest BCUT2D eigenvalue weighted by Gasteiger charge is 2.81. The van der Waals surface area contributed by atoms with Crippen molar-refractivity contribution in [3.05, 3.63) is 71.3 Å². The van der Waals surface area contributed by atoms with Gasteiger partial charge in [0.1, 0.15) is 17.9 Å². The molecule has 0 radical (unpaired) electrons. The Morgan fingerprint density at radius 3 is 2.57 bits per heavy atom. The topological polar surface area (TPSA) is 91.7 Å². The molecule has 2 aromatic carbocycles. The Hall–Kier alpha value is -3.07. The van der Waals surface area contributed by atoms with Crippen LogP contribution in [0, 0.1) is 11.8 Å². The highest BCUT2D eigenvalue weighted by atomic mass is 16.6. The molecule has 5 heterocycles. The van der Waals surface area contributed by atoms with E-state index in [2.05, 4.69) is 11.0 Å². The number of nitrogens with zero attached hydrogens (tertiary/aromatic N) is 3. The normalized spacial score (nSPS) is 35.4. The highest BCUT2D eigenvalue weighted by Crippen LogP contribution is 2.65. The lowest BCUT2D eigenvalue weighted by atomic mass is 9.73. The third-order valence-corrected chi connectivity index (χ3v) is 8.43. The van der Waals surface area contributed by atoms with E-state index in [1.165, 1.54) is 5.56 Å². The third-order valence-electron chi connectivity index (χ3n) is 8.43. The summed E-state index contributed by atoms with van der Waals surface area (Å²) in [6.07, 6.45) is 1.22. The second kappa shape index (κ2) is 7.46. The number of ether oxygens (including phenoxy) is 2. The van der Waals surface area contributed by atoms with Crippen LogP contribution in [0.3, 0.4) is 0 Å². The zero-order chi connectivity index (χ0) is 23.8. The van der Waals surface area contributed by atoms with Crippen LogP contribution in [-0.2, 0) is 31.9 Å². The Morgan fingerprint density at radius 1 is 1.06 bits per heavy atom. The number of carboxylic acids is 1. The van der Waals surface area contributed by atoms with Gasteiger partial charge in [-0.3, -0.25) is 19.5 Å². The number of morpholine rings is 1. The van der Waals surface area contributed by atoms with Crippen molar-refractivity contribution in [3.8, 4) is 0 Å². The number of carbonyl (C=O) groups is 2. The smallest absolute Gasteiger partial charge is 0.312 e. The number of aliphatic imine (C=N–C) groups is 1.